The SMILES string of the molecule is O=C(COc1ccc([N+](=O)[O-])cc1Br)N/N=C/c1ccc(OC(=O)c2cccc(Br)c2)cc1. The van der Waals surface area contributed by atoms with E-state index in [0.717, 1.165) is 4.47 Å². The minimum atomic E-state index is -0.533. The molecule has 3 aromatic rings. The molecule has 0 atom stereocenters. The van der Waals surface area contributed by atoms with Crippen LogP contribution in [-0.4, -0.2) is 29.6 Å². The van der Waals surface area contributed by atoms with E-state index in [4.69, 9.17) is 9.47 Å². The first-order chi connectivity index (χ1) is 15.8. The van der Waals surface area contributed by atoms with Crippen molar-refractivity contribution in [2.24, 2.45) is 5.10 Å². The van der Waals surface area contributed by atoms with Gasteiger partial charge in [-0.25, -0.2) is 10.2 Å². The maximum Gasteiger partial charge on any atom is 0.343 e. The molecule has 0 saturated heterocycles. The van der Waals surface area contributed by atoms with Crippen molar-refractivity contribution in [1.29, 1.82) is 0 Å². The van der Waals surface area contributed by atoms with Crippen molar-refractivity contribution < 1.29 is 24.0 Å². The van der Waals surface area contributed by atoms with Crippen LogP contribution in [0, 0.1) is 10.1 Å². The van der Waals surface area contributed by atoms with Gasteiger partial charge in [0.05, 0.1) is 21.2 Å². The molecule has 0 radical (unpaired) electrons. The van der Waals surface area contributed by atoms with E-state index in [2.05, 4.69) is 42.4 Å². The first kappa shape index (κ1) is 24.1. The van der Waals surface area contributed by atoms with Crippen LogP contribution in [0.2, 0.25) is 0 Å². The van der Waals surface area contributed by atoms with Crippen LogP contribution in [0.3, 0.4) is 0 Å². The average Bonchev–Trinajstić information content (AvgIpc) is 2.79. The number of nitrogens with one attached hydrogen (secondary N) is 1. The Bertz CT molecular complexity index is 1220. The number of hydrogen-bond donors (Lipinski definition) is 1. The van der Waals surface area contributed by atoms with E-state index >= 15 is 0 Å². The third-order valence-corrected chi connectivity index (χ3v) is 5.15. The molecular weight excluding hydrogens is 562 g/mol. The Morgan fingerprint density at radius 1 is 1.06 bits per heavy atom. The Balaban J connectivity index is 1.47. The number of non-ortho nitro benzene ring substituents is 1. The standard InChI is InChI=1S/C22H15Br2N3O6/c23-16-3-1-2-15(10-16)22(29)33-18-7-4-14(5-8-18)12-25-26-21(28)13-32-20-9-6-17(27(30)31)11-19(20)24/h1-12H,13H2,(H,26,28)/b25-12+. The molecule has 33 heavy (non-hydrogen) atoms. The highest BCUT2D eigenvalue weighted by molar-refractivity contribution is 9.10. The first-order valence-corrected chi connectivity index (χ1v) is 10.9. The number of nitro benzene ring substituents is 1. The summed E-state index contributed by atoms with van der Waals surface area (Å²) in [6.45, 7) is -0.335. The minimum absolute atomic E-state index is 0.0998. The summed E-state index contributed by atoms with van der Waals surface area (Å²) >= 11 is 6.47. The summed E-state index contributed by atoms with van der Waals surface area (Å²) in [5, 5.41) is 14.6. The molecule has 0 heterocycles. The zero-order chi connectivity index (χ0) is 23.8. The third kappa shape index (κ3) is 7.22. The summed E-state index contributed by atoms with van der Waals surface area (Å²) in [6.07, 6.45) is 1.42. The number of halogens is 2. The number of esters is 1. The van der Waals surface area contributed by atoms with Crippen LogP contribution in [0.5, 0.6) is 11.5 Å². The van der Waals surface area contributed by atoms with Crippen LogP contribution in [0.4, 0.5) is 5.69 Å². The van der Waals surface area contributed by atoms with E-state index in [1.807, 2.05) is 6.07 Å². The van der Waals surface area contributed by atoms with Gasteiger partial charge >= 0.3 is 5.97 Å². The highest BCUT2D eigenvalue weighted by Crippen LogP contribution is 2.29. The van der Waals surface area contributed by atoms with Gasteiger partial charge in [0.2, 0.25) is 0 Å². The molecule has 1 N–H and O–H groups in total. The number of carbonyl (C=O) groups is 2. The molecule has 0 bridgehead atoms. The van der Waals surface area contributed by atoms with Crippen molar-refractivity contribution >= 4 is 55.6 Å². The second-order valence-corrected chi connectivity index (χ2v) is 8.19. The molecule has 0 aromatic heterocycles. The Hall–Kier alpha value is -3.57. The van der Waals surface area contributed by atoms with E-state index in [1.54, 1.807) is 42.5 Å². The molecule has 0 fully saturated rings. The van der Waals surface area contributed by atoms with Crippen molar-refractivity contribution in [1.82, 2.24) is 5.43 Å². The molecule has 3 aromatic carbocycles. The van der Waals surface area contributed by atoms with E-state index in [1.165, 1.54) is 24.4 Å². The number of amides is 1. The zero-order valence-corrected chi connectivity index (χ0v) is 19.9. The molecule has 0 unspecified atom stereocenters. The smallest absolute Gasteiger partial charge is 0.343 e. The molecule has 0 aliphatic rings. The van der Waals surface area contributed by atoms with Crippen LogP contribution in [0.1, 0.15) is 15.9 Å². The Morgan fingerprint density at radius 2 is 1.82 bits per heavy atom. The highest BCUT2D eigenvalue weighted by atomic mass is 79.9. The van der Waals surface area contributed by atoms with Gasteiger partial charge in [-0.1, -0.05) is 22.0 Å². The number of ether oxygens (including phenoxy) is 2. The van der Waals surface area contributed by atoms with Crippen molar-refractivity contribution in [3.05, 3.63) is 96.9 Å². The van der Waals surface area contributed by atoms with Gasteiger partial charge in [-0.3, -0.25) is 14.9 Å². The van der Waals surface area contributed by atoms with Gasteiger partial charge in [0.25, 0.3) is 11.6 Å². The van der Waals surface area contributed by atoms with Crippen LogP contribution in [-0.2, 0) is 4.79 Å². The second kappa shape index (κ2) is 11.3. The lowest BCUT2D eigenvalue weighted by molar-refractivity contribution is -0.384. The summed E-state index contributed by atoms with van der Waals surface area (Å²) in [5.41, 5.74) is 3.30. The monoisotopic (exact) mass is 575 g/mol. The molecule has 0 aliphatic carbocycles. The number of rotatable bonds is 8. The fourth-order valence-corrected chi connectivity index (χ4v) is 3.36. The third-order valence-electron chi connectivity index (χ3n) is 4.04. The van der Waals surface area contributed by atoms with Gasteiger partial charge in [0, 0.05) is 16.6 Å². The average molecular weight is 577 g/mol. The maximum atomic E-state index is 12.2. The van der Waals surface area contributed by atoms with E-state index < -0.39 is 16.8 Å². The van der Waals surface area contributed by atoms with Gasteiger partial charge < -0.3 is 9.47 Å². The number of hydrogen-bond acceptors (Lipinski definition) is 7. The first-order valence-electron chi connectivity index (χ1n) is 9.28. The van der Waals surface area contributed by atoms with Crippen LogP contribution in [0.15, 0.2) is 80.8 Å². The second-order valence-electron chi connectivity index (χ2n) is 6.42. The Kier molecular flexibility index (Phi) is 8.28. The van der Waals surface area contributed by atoms with Crippen molar-refractivity contribution in [2.45, 2.75) is 0 Å². The summed E-state index contributed by atoms with van der Waals surface area (Å²) < 4.78 is 11.8. The lowest BCUT2D eigenvalue weighted by atomic mass is 10.2. The quantitative estimate of drug-likeness (QED) is 0.134. The summed E-state index contributed by atoms with van der Waals surface area (Å²) in [5.74, 6) is -0.350. The molecule has 168 valence electrons. The molecule has 0 saturated carbocycles. The van der Waals surface area contributed by atoms with Crippen LogP contribution < -0.4 is 14.9 Å². The fourth-order valence-electron chi connectivity index (χ4n) is 2.48. The number of hydrazone groups is 1. The van der Waals surface area contributed by atoms with Gasteiger partial charge in [0.1, 0.15) is 11.5 Å². The molecule has 3 rings (SSSR count). The predicted molar refractivity (Wildman–Crippen MR) is 128 cm³/mol. The molecule has 11 heteroatoms. The van der Waals surface area contributed by atoms with Gasteiger partial charge in [-0.2, -0.15) is 5.10 Å². The molecular formula is C22H15Br2N3O6. The van der Waals surface area contributed by atoms with Crippen molar-refractivity contribution in [3.63, 3.8) is 0 Å². The summed E-state index contributed by atoms with van der Waals surface area (Å²) in [7, 11) is 0. The molecule has 0 aliphatic heterocycles. The number of nitro groups is 1. The van der Waals surface area contributed by atoms with E-state index in [-0.39, 0.29) is 18.0 Å². The lowest BCUT2D eigenvalue weighted by Gasteiger charge is -2.07. The van der Waals surface area contributed by atoms with Gasteiger partial charge in [-0.15, -0.1) is 0 Å². The summed E-state index contributed by atoms with van der Waals surface area (Å²) in [6, 6.07) is 17.4. The van der Waals surface area contributed by atoms with E-state index in [0.29, 0.717) is 21.3 Å². The topological polar surface area (TPSA) is 120 Å². The lowest BCUT2D eigenvalue weighted by Crippen LogP contribution is -2.24. The summed E-state index contributed by atoms with van der Waals surface area (Å²) in [4.78, 5) is 34.3. The van der Waals surface area contributed by atoms with Crippen LogP contribution in [0.25, 0.3) is 0 Å². The minimum Gasteiger partial charge on any atom is -0.483 e. The van der Waals surface area contributed by atoms with Crippen molar-refractivity contribution in [3.8, 4) is 11.5 Å². The van der Waals surface area contributed by atoms with Gasteiger partial charge in [-0.05, 0) is 70.0 Å². The van der Waals surface area contributed by atoms with Crippen molar-refractivity contribution in [2.75, 3.05) is 6.61 Å². The fraction of sp³-hybridized carbons (Fsp3) is 0.0455. The maximum absolute atomic E-state index is 12.2. The molecule has 9 nitrogen and oxygen atoms in total. The zero-order valence-electron chi connectivity index (χ0n) is 16.7. The number of nitrogens with zero attached hydrogens (tertiary/aromatic N) is 2. The van der Waals surface area contributed by atoms with Gasteiger partial charge in [0.15, 0.2) is 6.61 Å². The van der Waals surface area contributed by atoms with Crippen LogP contribution >= 0.6 is 31.9 Å². The number of carbonyl (C=O) groups excluding carboxylic acids is 2. The molecule has 1 amide bonds. The predicted octanol–water partition coefficient (Wildman–Crippen LogP) is 4.87. The molecule has 0 spiro atoms. The largest absolute Gasteiger partial charge is 0.483 e. The Labute approximate surface area is 204 Å². The normalized spacial score (nSPS) is 10.6. The van der Waals surface area contributed by atoms with E-state index in [9.17, 15) is 19.7 Å². The Morgan fingerprint density at radius 3 is 2.48 bits per heavy atom. The highest BCUT2D eigenvalue weighted by Gasteiger charge is 2.11. The number of benzene rings is 3.